The van der Waals surface area contributed by atoms with Crippen molar-refractivity contribution >= 4 is 37.2 Å². The fraction of sp³-hybridized carbons (Fsp3) is 0.923. The van der Waals surface area contributed by atoms with Crippen LogP contribution in [0.4, 0.5) is 0 Å². The largest absolute Gasteiger partial charge is 2.00 e. The molecule has 7 heteroatoms. The van der Waals surface area contributed by atoms with E-state index in [9.17, 15) is 9.59 Å². The minimum Gasteiger partial charge on any atom is -0.778 e. The number of unbranched alkanes of at least 4 members (excludes halogenated alkanes) is 14. The van der Waals surface area contributed by atoms with Crippen molar-refractivity contribution in [2.75, 3.05) is 13.2 Å². The van der Waals surface area contributed by atoms with E-state index < -0.39 is 10.5 Å². The molecule has 2 atom stereocenters. The summed E-state index contributed by atoms with van der Waals surface area (Å²) in [6.07, 6.45) is 20.1. The quantitative estimate of drug-likeness (QED) is 0.0684. The first kappa shape index (κ1) is 37.8. The summed E-state index contributed by atoms with van der Waals surface area (Å²) >= 11 is 9.57. The molecule has 0 radical (unpaired) electrons. The molecule has 0 spiro atoms. The molecule has 0 saturated carbocycles. The van der Waals surface area contributed by atoms with Gasteiger partial charge < -0.3 is 34.7 Å². The van der Waals surface area contributed by atoms with Crippen LogP contribution in [0, 0.1) is 0 Å². The number of hydrogen-bond acceptors (Lipinski definition) is 6. The molecule has 0 aromatic rings. The number of carbonyl (C=O) groups excluding carboxylic acids is 2. The van der Waals surface area contributed by atoms with Gasteiger partial charge in [-0.1, -0.05) is 128 Å². The minimum atomic E-state index is -0.408. The predicted molar refractivity (Wildman–Crippen MR) is 141 cm³/mol. The SMILES string of the molecule is CCCCCCCCCCOC(=O)C(C)[S-].CCCCCCCCCCOC(=O)C(C)[S-].[Zn+2]. The molecule has 0 N–H and O–H groups in total. The second-order valence-electron chi connectivity index (χ2n) is 8.57. The molecular formula is C26H50O4S2Zn. The fourth-order valence-corrected chi connectivity index (χ4v) is 3.19. The van der Waals surface area contributed by atoms with Crippen LogP contribution in [0.25, 0.3) is 0 Å². The predicted octanol–water partition coefficient (Wildman–Crippen LogP) is 7.21. The molecule has 0 aliphatic rings. The van der Waals surface area contributed by atoms with Crippen LogP contribution in [0.3, 0.4) is 0 Å². The second-order valence-corrected chi connectivity index (χ2v) is 9.98. The third-order valence-corrected chi connectivity index (χ3v) is 5.53. The number of rotatable bonds is 20. The van der Waals surface area contributed by atoms with Crippen LogP contribution in [-0.2, 0) is 63.8 Å². The average molecular weight is 556 g/mol. The first-order valence-electron chi connectivity index (χ1n) is 13.0. The Morgan fingerprint density at radius 3 is 1.03 bits per heavy atom. The fourth-order valence-electron chi connectivity index (χ4n) is 3.05. The van der Waals surface area contributed by atoms with Gasteiger partial charge in [-0.25, -0.2) is 0 Å². The maximum atomic E-state index is 11.0. The molecule has 4 nitrogen and oxygen atoms in total. The van der Waals surface area contributed by atoms with Crippen molar-refractivity contribution in [3.63, 3.8) is 0 Å². The molecule has 0 amide bonds. The molecule has 192 valence electrons. The topological polar surface area (TPSA) is 52.6 Å². The third kappa shape index (κ3) is 32.3. The van der Waals surface area contributed by atoms with Gasteiger partial charge in [0.15, 0.2) is 0 Å². The molecule has 2 unspecified atom stereocenters. The van der Waals surface area contributed by atoms with Gasteiger partial charge in [0.2, 0.25) is 0 Å². The summed E-state index contributed by atoms with van der Waals surface area (Å²) in [5.74, 6) is -0.504. The number of esters is 2. The summed E-state index contributed by atoms with van der Waals surface area (Å²) < 4.78 is 10.0. The molecule has 0 aromatic heterocycles. The number of ether oxygens (including phenoxy) is 2. The zero-order valence-corrected chi connectivity index (χ0v) is 26.6. The van der Waals surface area contributed by atoms with Gasteiger partial charge in [-0.2, -0.15) is 0 Å². The molecule has 33 heavy (non-hydrogen) atoms. The van der Waals surface area contributed by atoms with Crippen LogP contribution in [-0.4, -0.2) is 35.7 Å². The van der Waals surface area contributed by atoms with Crippen LogP contribution in [0.1, 0.15) is 130 Å². The van der Waals surface area contributed by atoms with E-state index in [1.54, 1.807) is 13.8 Å². The minimum absolute atomic E-state index is 0. The Bertz CT molecular complexity index is 383. The van der Waals surface area contributed by atoms with Gasteiger partial charge in [0.05, 0.1) is 13.2 Å². The Morgan fingerprint density at radius 1 is 0.545 bits per heavy atom. The van der Waals surface area contributed by atoms with Crippen LogP contribution >= 0.6 is 0 Å². The van der Waals surface area contributed by atoms with Crippen LogP contribution in [0.15, 0.2) is 0 Å². The van der Waals surface area contributed by atoms with Crippen molar-refractivity contribution in [1.82, 2.24) is 0 Å². The van der Waals surface area contributed by atoms with Gasteiger partial charge in [0.1, 0.15) is 0 Å². The van der Waals surface area contributed by atoms with Gasteiger partial charge in [0, 0.05) is 0 Å². The van der Waals surface area contributed by atoms with Gasteiger partial charge in [-0.05, 0) is 12.8 Å². The summed E-state index contributed by atoms with van der Waals surface area (Å²) in [6.45, 7) is 8.91. The summed E-state index contributed by atoms with van der Waals surface area (Å²) in [5.41, 5.74) is 0. The molecule has 0 aliphatic carbocycles. The Balaban J connectivity index is -0.000000529. The first-order chi connectivity index (χ1) is 15.4. The molecule has 0 heterocycles. The average Bonchev–Trinajstić information content (AvgIpc) is 2.76. The van der Waals surface area contributed by atoms with E-state index in [4.69, 9.17) is 34.7 Å². The molecule has 0 fully saturated rings. The number of hydrogen-bond donors (Lipinski definition) is 0. The maximum absolute atomic E-state index is 11.0. The van der Waals surface area contributed by atoms with Crippen molar-refractivity contribution in [1.29, 1.82) is 0 Å². The monoisotopic (exact) mass is 554 g/mol. The summed E-state index contributed by atoms with van der Waals surface area (Å²) in [6, 6.07) is 0. The zero-order chi connectivity index (χ0) is 24.5. The van der Waals surface area contributed by atoms with E-state index >= 15 is 0 Å². The Hall–Kier alpha value is 0.263. The summed E-state index contributed by atoms with van der Waals surface area (Å²) in [4.78, 5) is 22.0. The zero-order valence-electron chi connectivity index (χ0n) is 22.0. The van der Waals surface area contributed by atoms with Gasteiger partial charge in [-0.3, -0.25) is 9.59 Å². The molecule has 0 saturated heterocycles. The van der Waals surface area contributed by atoms with E-state index in [0.717, 1.165) is 25.7 Å². The van der Waals surface area contributed by atoms with E-state index in [0.29, 0.717) is 13.2 Å². The third-order valence-electron chi connectivity index (χ3n) is 5.15. The normalized spacial score (nSPS) is 12.1. The van der Waals surface area contributed by atoms with Crippen molar-refractivity contribution in [2.45, 2.75) is 141 Å². The molecule has 0 rings (SSSR count). The Morgan fingerprint density at radius 2 is 0.788 bits per heavy atom. The summed E-state index contributed by atoms with van der Waals surface area (Å²) in [7, 11) is 0. The Labute approximate surface area is 229 Å². The van der Waals surface area contributed by atoms with Crippen molar-refractivity contribution in [3.05, 3.63) is 0 Å². The van der Waals surface area contributed by atoms with Crippen LogP contribution < -0.4 is 0 Å². The Kier molecular flexibility index (Phi) is 34.7. The van der Waals surface area contributed by atoms with Crippen LogP contribution in [0.2, 0.25) is 0 Å². The van der Waals surface area contributed by atoms with E-state index in [2.05, 4.69) is 13.8 Å². The first-order valence-corrected chi connectivity index (χ1v) is 14.0. The van der Waals surface area contributed by atoms with Gasteiger partial charge in [-0.15, -0.1) is 0 Å². The maximum Gasteiger partial charge on any atom is 2.00 e. The van der Waals surface area contributed by atoms with Crippen LogP contribution in [0.5, 0.6) is 0 Å². The van der Waals surface area contributed by atoms with Crippen molar-refractivity contribution in [2.24, 2.45) is 0 Å². The van der Waals surface area contributed by atoms with Crippen molar-refractivity contribution < 1.29 is 38.5 Å². The molecule has 0 aliphatic heterocycles. The summed E-state index contributed by atoms with van der Waals surface area (Å²) in [5, 5.41) is -0.817. The number of carbonyl (C=O) groups is 2. The van der Waals surface area contributed by atoms with E-state index in [1.165, 1.54) is 77.0 Å². The molecular weight excluding hydrogens is 506 g/mol. The molecule has 0 bridgehead atoms. The standard InChI is InChI=1S/2C13H26O2S.Zn/c2*1-3-4-5-6-7-8-9-10-11-15-13(14)12(2)16;/h2*12,16H,3-11H2,1-2H3;/q;;+2/p-2. The smallest absolute Gasteiger partial charge is 0.778 e. The van der Waals surface area contributed by atoms with Gasteiger partial charge >= 0.3 is 19.5 Å². The second kappa shape index (κ2) is 30.3. The van der Waals surface area contributed by atoms with Crippen molar-refractivity contribution in [3.8, 4) is 0 Å². The van der Waals surface area contributed by atoms with E-state index in [1.807, 2.05) is 0 Å². The van der Waals surface area contributed by atoms with E-state index in [-0.39, 0.29) is 31.4 Å². The molecule has 0 aromatic carbocycles. The van der Waals surface area contributed by atoms with Gasteiger partial charge in [0.25, 0.3) is 11.9 Å².